The molecule has 0 saturated heterocycles. The fraction of sp³-hybridized carbons (Fsp3) is 0.600. The van der Waals surface area contributed by atoms with Crippen LogP contribution in [-0.2, 0) is 6.54 Å². The van der Waals surface area contributed by atoms with Gasteiger partial charge in [-0.05, 0) is 19.5 Å². The molecule has 5 nitrogen and oxygen atoms in total. The third-order valence-electron chi connectivity index (χ3n) is 2.07. The minimum atomic E-state index is -0.167. The molecule has 0 spiro atoms. The van der Waals surface area contributed by atoms with E-state index in [1.54, 1.807) is 6.07 Å². The van der Waals surface area contributed by atoms with Gasteiger partial charge in [-0.1, -0.05) is 6.92 Å². The molecule has 84 valence electrons. The molecule has 0 aliphatic rings. The number of nitrogens with one attached hydrogen (secondary N) is 3. The van der Waals surface area contributed by atoms with Gasteiger partial charge in [0.05, 0.1) is 5.69 Å². The lowest BCUT2D eigenvalue weighted by molar-refractivity contribution is 0.503. The largest absolute Gasteiger partial charge is 0.315 e. The molecule has 1 aromatic heterocycles. The van der Waals surface area contributed by atoms with E-state index in [1.165, 1.54) is 6.07 Å². The Labute approximate surface area is 89.3 Å². The van der Waals surface area contributed by atoms with Crippen molar-refractivity contribution in [1.82, 2.24) is 20.8 Å². The molecule has 0 fully saturated rings. The van der Waals surface area contributed by atoms with E-state index in [-0.39, 0.29) is 5.56 Å². The van der Waals surface area contributed by atoms with Crippen LogP contribution in [-0.4, -0.2) is 29.3 Å². The van der Waals surface area contributed by atoms with Gasteiger partial charge in [0.15, 0.2) is 0 Å². The summed E-state index contributed by atoms with van der Waals surface area (Å²) >= 11 is 0. The molecule has 1 heterocycles. The Hall–Kier alpha value is -1.20. The van der Waals surface area contributed by atoms with Crippen molar-refractivity contribution in [3.8, 4) is 0 Å². The minimum Gasteiger partial charge on any atom is -0.315 e. The van der Waals surface area contributed by atoms with Crippen LogP contribution >= 0.6 is 0 Å². The Balaban J connectivity index is 2.30. The maximum Gasteiger partial charge on any atom is 0.264 e. The van der Waals surface area contributed by atoms with Gasteiger partial charge >= 0.3 is 0 Å². The first kappa shape index (κ1) is 11.9. The summed E-state index contributed by atoms with van der Waals surface area (Å²) in [5.41, 5.74) is 0.678. The Morgan fingerprint density at radius 2 is 2.33 bits per heavy atom. The second-order valence-corrected chi connectivity index (χ2v) is 3.50. The Kier molecular flexibility index (Phi) is 5.00. The molecule has 0 bridgehead atoms. The molecule has 1 unspecified atom stereocenters. The summed E-state index contributed by atoms with van der Waals surface area (Å²) in [6.07, 6.45) is 0. The van der Waals surface area contributed by atoms with Crippen LogP contribution in [0.5, 0.6) is 0 Å². The molecular formula is C10H18N4O. The number of aromatic nitrogens is 2. The number of likely N-dealkylation sites (N-methyl/N-ethyl adjacent to an activating group) is 1. The predicted molar refractivity (Wildman–Crippen MR) is 59.7 cm³/mol. The van der Waals surface area contributed by atoms with Gasteiger partial charge in [-0.25, -0.2) is 5.10 Å². The van der Waals surface area contributed by atoms with Gasteiger partial charge in [-0.15, -0.1) is 0 Å². The summed E-state index contributed by atoms with van der Waals surface area (Å²) in [5, 5.41) is 12.9. The molecule has 1 atom stereocenters. The first-order chi connectivity index (χ1) is 7.22. The van der Waals surface area contributed by atoms with Gasteiger partial charge in [-0.3, -0.25) is 4.79 Å². The van der Waals surface area contributed by atoms with Gasteiger partial charge in [0, 0.05) is 25.2 Å². The lowest BCUT2D eigenvalue weighted by Crippen LogP contribution is -2.36. The highest BCUT2D eigenvalue weighted by molar-refractivity contribution is 4.98. The third kappa shape index (κ3) is 4.71. The van der Waals surface area contributed by atoms with E-state index < -0.39 is 0 Å². The molecule has 0 radical (unpaired) electrons. The van der Waals surface area contributed by atoms with Crippen molar-refractivity contribution >= 4 is 0 Å². The van der Waals surface area contributed by atoms with Gasteiger partial charge in [-0.2, -0.15) is 5.10 Å². The standard InChI is InChI=1S/C10H18N4O/c1-3-11-6-8(2)12-7-9-4-5-10(15)14-13-9/h4-5,8,11-12H,3,6-7H2,1-2H3,(H,14,15). The van der Waals surface area contributed by atoms with E-state index in [1.807, 2.05) is 0 Å². The molecule has 15 heavy (non-hydrogen) atoms. The van der Waals surface area contributed by atoms with E-state index in [4.69, 9.17) is 0 Å². The average Bonchev–Trinajstić information content (AvgIpc) is 2.25. The number of aromatic amines is 1. The second-order valence-electron chi connectivity index (χ2n) is 3.50. The number of hydrogen-bond donors (Lipinski definition) is 3. The predicted octanol–water partition coefficient (Wildman–Crippen LogP) is -0.142. The molecule has 5 heteroatoms. The maximum atomic E-state index is 10.8. The monoisotopic (exact) mass is 210 g/mol. The smallest absolute Gasteiger partial charge is 0.264 e. The van der Waals surface area contributed by atoms with Crippen LogP contribution in [0.2, 0.25) is 0 Å². The van der Waals surface area contributed by atoms with Crippen molar-refractivity contribution in [2.24, 2.45) is 0 Å². The van der Waals surface area contributed by atoms with Crippen molar-refractivity contribution in [2.45, 2.75) is 26.4 Å². The number of rotatable bonds is 6. The minimum absolute atomic E-state index is 0.167. The van der Waals surface area contributed by atoms with Crippen molar-refractivity contribution in [3.05, 3.63) is 28.2 Å². The van der Waals surface area contributed by atoms with E-state index in [0.717, 1.165) is 18.8 Å². The lowest BCUT2D eigenvalue weighted by Gasteiger charge is -2.13. The zero-order valence-electron chi connectivity index (χ0n) is 9.21. The van der Waals surface area contributed by atoms with Gasteiger partial charge in [0.1, 0.15) is 0 Å². The molecule has 1 aromatic rings. The summed E-state index contributed by atoms with van der Waals surface area (Å²) in [5.74, 6) is 0. The fourth-order valence-electron chi connectivity index (χ4n) is 1.18. The molecular weight excluding hydrogens is 192 g/mol. The average molecular weight is 210 g/mol. The molecule has 1 rings (SSSR count). The second kappa shape index (κ2) is 6.31. The molecule has 0 amide bonds. The van der Waals surface area contributed by atoms with Crippen LogP contribution < -0.4 is 16.2 Å². The van der Waals surface area contributed by atoms with Crippen LogP contribution in [0.3, 0.4) is 0 Å². The van der Waals surface area contributed by atoms with E-state index in [0.29, 0.717) is 12.6 Å². The zero-order valence-corrected chi connectivity index (χ0v) is 9.21. The number of H-pyrrole nitrogens is 1. The third-order valence-corrected chi connectivity index (χ3v) is 2.07. The molecule has 0 saturated carbocycles. The quantitative estimate of drug-likeness (QED) is 0.611. The van der Waals surface area contributed by atoms with Crippen LogP contribution in [0.25, 0.3) is 0 Å². The number of hydrogen-bond acceptors (Lipinski definition) is 4. The lowest BCUT2D eigenvalue weighted by atomic mass is 10.3. The molecule has 0 aliphatic carbocycles. The summed E-state index contributed by atoms with van der Waals surface area (Å²) < 4.78 is 0. The first-order valence-electron chi connectivity index (χ1n) is 5.21. The van der Waals surface area contributed by atoms with Crippen molar-refractivity contribution < 1.29 is 0 Å². The van der Waals surface area contributed by atoms with Crippen LogP contribution in [0.15, 0.2) is 16.9 Å². The Morgan fingerprint density at radius 1 is 1.53 bits per heavy atom. The van der Waals surface area contributed by atoms with Crippen LogP contribution in [0.4, 0.5) is 0 Å². The molecule has 0 aliphatic heterocycles. The van der Waals surface area contributed by atoms with Crippen LogP contribution in [0, 0.1) is 0 Å². The molecule has 0 aromatic carbocycles. The van der Waals surface area contributed by atoms with Gasteiger partial charge < -0.3 is 10.6 Å². The molecule has 3 N–H and O–H groups in total. The van der Waals surface area contributed by atoms with Gasteiger partial charge in [0.25, 0.3) is 5.56 Å². The summed E-state index contributed by atoms with van der Waals surface area (Å²) in [4.78, 5) is 10.8. The van der Waals surface area contributed by atoms with Crippen molar-refractivity contribution in [2.75, 3.05) is 13.1 Å². The SMILES string of the molecule is CCNCC(C)NCc1ccc(=O)[nH]n1. The maximum absolute atomic E-state index is 10.8. The van der Waals surface area contributed by atoms with E-state index >= 15 is 0 Å². The van der Waals surface area contributed by atoms with Crippen LogP contribution in [0.1, 0.15) is 19.5 Å². The zero-order chi connectivity index (χ0) is 11.1. The normalized spacial score (nSPS) is 12.7. The van der Waals surface area contributed by atoms with Crippen molar-refractivity contribution in [3.63, 3.8) is 0 Å². The summed E-state index contributed by atoms with van der Waals surface area (Å²) in [6, 6.07) is 3.60. The van der Waals surface area contributed by atoms with E-state index in [9.17, 15) is 4.79 Å². The number of nitrogens with zero attached hydrogens (tertiary/aromatic N) is 1. The Bertz CT molecular complexity index is 316. The Morgan fingerprint density at radius 3 is 2.93 bits per heavy atom. The first-order valence-corrected chi connectivity index (χ1v) is 5.21. The van der Waals surface area contributed by atoms with E-state index in [2.05, 4.69) is 34.7 Å². The fourth-order valence-corrected chi connectivity index (χ4v) is 1.18. The van der Waals surface area contributed by atoms with Crippen molar-refractivity contribution in [1.29, 1.82) is 0 Å². The highest BCUT2D eigenvalue weighted by atomic mass is 16.1. The topological polar surface area (TPSA) is 69.8 Å². The highest BCUT2D eigenvalue weighted by Gasteiger charge is 2.00. The highest BCUT2D eigenvalue weighted by Crippen LogP contribution is 1.89. The summed E-state index contributed by atoms with van der Waals surface area (Å²) in [6.45, 7) is 6.76. The van der Waals surface area contributed by atoms with Gasteiger partial charge in [0.2, 0.25) is 0 Å². The summed E-state index contributed by atoms with van der Waals surface area (Å²) in [7, 11) is 0.